The van der Waals surface area contributed by atoms with Crippen LogP contribution in [0.3, 0.4) is 0 Å². The fourth-order valence-corrected chi connectivity index (χ4v) is 2.67. The molecule has 2 N–H and O–H groups in total. The van der Waals surface area contributed by atoms with Crippen molar-refractivity contribution in [3.8, 4) is 22.5 Å². The number of nitrogens with zero attached hydrogens (tertiary/aromatic N) is 3. The van der Waals surface area contributed by atoms with E-state index in [-0.39, 0.29) is 23.6 Å². The first kappa shape index (κ1) is 13.5. The Hall–Kier alpha value is -2.46. The molecule has 0 aromatic carbocycles. The highest BCUT2D eigenvalue weighted by atomic mass is 32.1. The molecular formula is C14H12N4O2S. The first-order valence-electron chi connectivity index (χ1n) is 6.49. The van der Waals surface area contributed by atoms with Crippen molar-refractivity contribution >= 4 is 17.2 Å². The summed E-state index contributed by atoms with van der Waals surface area (Å²) in [4.78, 5) is 20.1. The van der Waals surface area contributed by atoms with Crippen molar-refractivity contribution in [3.05, 3.63) is 28.9 Å². The summed E-state index contributed by atoms with van der Waals surface area (Å²) in [5.74, 6) is -0.122. The van der Waals surface area contributed by atoms with E-state index in [1.54, 1.807) is 5.38 Å². The van der Waals surface area contributed by atoms with Crippen molar-refractivity contribution in [2.24, 2.45) is 0 Å². The molecular weight excluding hydrogens is 288 g/mol. The van der Waals surface area contributed by atoms with Crippen molar-refractivity contribution in [3.63, 3.8) is 0 Å². The molecule has 0 radical (unpaired) electrons. The maximum absolute atomic E-state index is 11.7. The van der Waals surface area contributed by atoms with Gasteiger partial charge in [-0.25, -0.2) is 9.97 Å². The van der Waals surface area contributed by atoms with Gasteiger partial charge in [-0.1, -0.05) is 0 Å². The Balaban J connectivity index is 1.75. The maximum atomic E-state index is 11.7. The third-order valence-electron chi connectivity index (χ3n) is 3.04. The molecule has 1 saturated carbocycles. The second-order valence-corrected chi connectivity index (χ2v) is 5.72. The third kappa shape index (κ3) is 3.17. The molecule has 6 nitrogen and oxygen atoms in total. The zero-order chi connectivity index (χ0) is 14.8. The van der Waals surface area contributed by atoms with Crippen LogP contribution >= 0.6 is 11.3 Å². The summed E-state index contributed by atoms with van der Waals surface area (Å²) in [5, 5.41) is 23.8. The highest BCUT2D eigenvalue weighted by molar-refractivity contribution is 7.13. The Labute approximate surface area is 125 Å². The van der Waals surface area contributed by atoms with E-state index in [4.69, 9.17) is 5.26 Å². The van der Waals surface area contributed by atoms with Gasteiger partial charge >= 0.3 is 0 Å². The number of carbonyl (C=O) groups excluding carboxylic acids is 1. The predicted octanol–water partition coefficient (Wildman–Crippen LogP) is 1.60. The maximum Gasteiger partial charge on any atom is 0.226 e. The number of aromatic hydroxyl groups is 1. The molecule has 1 amide bonds. The smallest absolute Gasteiger partial charge is 0.226 e. The molecule has 0 unspecified atom stereocenters. The summed E-state index contributed by atoms with van der Waals surface area (Å²) in [6.07, 6.45) is 3.72. The zero-order valence-electron chi connectivity index (χ0n) is 11.0. The standard InChI is InChI=1S/C14H12N4O2S/c15-5-8-3-11(19)13(16-6-8)14-18-10(7-21-14)4-12(20)17-9-1-2-9/h3,6-7,9,19H,1-2,4H2,(H,17,20). The average molecular weight is 300 g/mol. The first-order chi connectivity index (χ1) is 10.2. The topological polar surface area (TPSA) is 98.9 Å². The van der Waals surface area contributed by atoms with Gasteiger partial charge in [-0.15, -0.1) is 11.3 Å². The summed E-state index contributed by atoms with van der Waals surface area (Å²) < 4.78 is 0. The Kier molecular flexibility index (Phi) is 3.54. The molecule has 1 fully saturated rings. The number of hydrogen-bond donors (Lipinski definition) is 2. The molecule has 106 valence electrons. The third-order valence-corrected chi connectivity index (χ3v) is 3.93. The van der Waals surface area contributed by atoms with Gasteiger partial charge in [0.15, 0.2) is 0 Å². The van der Waals surface area contributed by atoms with Gasteiger partial charge in [0.05, 0.1) is 17.7 Å². The van der Waals surface area contributed by atoms with Gasteiger partial charge in [0.1, 0.15) is 22.5 Å². The van der Waals surface area contributed by atoms with E-state index in [1.807, 2.05) is 6.07 Å². The van der Waals surface area contributed by atoms with E-state index in [0.29, 0.717) is 22.4 Å². The van der Waals surface area contributed by atoms with Crippen LogP contribution in [0.5, 0.6) is 5.75 Å². The van der Waals surface area contributed by atoms with Crippen LogP contribution in [0.15, 0.2) is 17.6 Å². The fraction of sp³-hybridized carbons (Fsp3) is 0.286. The number of pyridine rings is 1. The van der Waals surface area contributed by atoms with Crippen LogP contribution in [0.4, 0.5) is 0 Å². The second kappa shape index (κ2) is 5.50. The fourth-order valence-electron chi connectivity index (χ4n) is 1.85. The molecule has 3 rings (SSSR count). The van der Waals surface area contributed by atoms with Crippen molar-refractivity contribution in [2.75, 3.05) is 0 Å². The minimum Gasteiger partial charge on any atom is -0.506 e. The Morgan fingerprint density at radius 2 is 2.38 bits per heavy atom. The van der Waals surface area contributed by atoms with Crippen LogP contribution in [-0.4, -0.2) is 27.0 Å². The lowest BCUT2D eigenvalue weighted by atomic mass is 10.2. The van der Waals surface area contributed by atoms with Gasteiger partial charge in [-0.3, -0.25) is 4.79 Å². The molecule has 0 saturated heterocycles. The van der Waals surface area contributed by atoms with Gasteiger partial charge < -0.3 is 10.4 Å². The summed E-state index contributed by atoms with van der Waals surface area (Å²) in [6, 6.07) is 3.59. The number of nitriles is 1. The molecule has 0 bridgehead atoms. The molecule has 2 aromatic rings. The first-order valence-corrected chi connectivity index (χ1v) is 7.37. The molecule has 0 spiro atoms. The highest BCUT2D eigenvalue weighted by Crippen LogP contribution is 2.30. The lowest BCUT2D eigenvalue weighted by Crippen LogP contribution is -2.27. The van der Waals surface area contributed by atoms with Crippen molar-refractivity contribution in [2.45, 2.75) is 25.3 Å². The van der Waals surface area contributed by atoms with E-state index in [2.05, 4.69) is 15.3 Å². The van der Waals surface area contributed by atoms with Crippen molar-refractivity contribution in [1.82, 2.24) is 15.3 Å². The number of carbonyl (C=O) groups is 1. The minimum atomic E-state index is -0.0858. The SMILES string of the molecule is N#Cc1cnc(-c2nc(CC(=O)NC3CC3)cs2)c(O)c1. The van der Waals surface area contributed by atoms with Crippen LogP contribution in [0, 0.1) is 11.3 Å². The van der Waals surface area contributed by atoms with Crippen LogP contribution in [-0.2, 0) is 11.2 Å². The number of hydrogen-bond acceptors (Lipinski definition) is 6. The molecule has 0 aliphatic heterocycles. The average Bonchev–Trinajstić information content (AvgIpc) is 3.15. The van der Waals surface area contributed by atoms with Gasteiger partial charge in [0.2, 0.25) is 5.91 Å². The molecule has 1 aliphatic rings. The lowest BCUT2D eigenvalue weighted by molar-refractivity contribution is -0.120. The Morgan fingerprint density at radius 3 is 3.05 bits per heavy atom. The van der Waals surface area contributed by atoms with Crippen LogP contribution < -0.4 is 5.32 Å². The number of thiazole rings is 1. The Bertz CT molecular complexity index is 731. The summed E-state index contributed by atoms with van der Waals surface area (Å²) >= 11 is 1.31. The molecule has 0 atom stereocenters. The quantitative estimate of drug-likeness (QED) is 0.893. The normalized spacial score (nSPS) is 13.7. The van der Waals surface area contributed by atoms with Gasteiger partial charge in [-0.2, -0.15) is 5.26 Å². The van der Waals surface area contributed by atoms with E-state index in [0.717, 1.165) is 12.8 Å². The number of aromatic nitrogens is 2. The number of nitrogens with one attached hydrogen (secondary N) is 1. The van der Waals surface area contributed by atoms with E-state index in [1.165, 1.54) is 23.6 Å². The molecule has 2 heterocycles. The largest absolute Gasteiger partial charge is 0.506 e. The van der Waals surface area contributed by atoms with Crippen LogP contribution in [0.25, 0.3) is 10.7 Å². The Morgan fingerprint density at radius 1 is 1.57 bits per heavy atom. The number of rotatable bonds is 4. The molecule has 2 aromatic heterocycles. The molecule has 1 aliphatic carbocycles. The van der Waals surface area contributed by atoms with Crippen molar-refractivity contribution < 1.29 is 9.90 Å². The van der Waals surface area contributed by atoms with E-state index >= 15 is 0 Å². The van der Waals surface area contributed by atoms with Crippen molar-refractivity contribution in [1.29, 1.82) is 5.26 Å². The van der Waals surface area contributed by atoms with Gasteiger partial charge in [0, 0.05) is 23.7 Å². The van der Waals surface area contributed by atoms with Crippen LogP contribution in [0.1, 0.15) is 24.1 Å². The highest BCUT2D eigenvalue weighted by Gasteiger charge is 2.23. The summed E-state index contributed by atoms with van der Waals surface area (Å²) in [5.41, 5.74) is 1.27. The molecule has 21 heavy (non-hydrogen) atoms. The van der Waals surface area contributed by atoms with Crippen LogP contribution in [0.2, 0.25) is 0 Å². The monoisotopic (exact) mass is 300 g/mol. The van der Waals surface area contributed by atoms with Gasteiger partial charge in [0.25, 0.3) is 0 Å². The zero-order valence-corrected chi connectivity index (χ0v) is 11.9. The van der Waals surface area contributed by atoms with E-state index in [9.17, 15) is 9.90 Å². The summed E-state index contributed by atoms with van der Waals surface area (Å²) in [7, 11) is 0. The second-order valence-electron chi connectivity index (χ2n) is 4.87. The predicted molar refractivity (Wildman–Crippen MR) is 76.6 cm³/mol. The van der Waals surface area contributed by atoms with Gasteiger partial charge in [-0.05, 0) is 12.8 Å². The number of amides is 1. The van der Waals surface area contributed by atoms with E-state index < -0.39 is 0 Å². The molecule has 7 heteroatoms. The summed E-state index contributed by atoms with van der Waals surface area (Å²) in [6.45, 7) is 0. The minimum absolute atomic E-state index is 0.0358. The lowest BCUT2D eigenvalue weighted by Gasteiger charge is -2.01.